The fourth-order valence-electron chi connectivity index (χ4n) is 2.68. The van der Waals surface area contributed by atoms with Gasteiger partial charge in [-0.05, 0) is 29.3 Å². The van der Waals surface area contributed by atoms with Crippen LogP contribution in [0.25, 0.3) is 5.65 Å². The van der Waals surface area contributed by atoms with Gasteiger partial charge < -0.3 is 10.1 Å². The molecule has 5 heteroatoms. The third-order valence-corrected chi connectivity index (χ3v) is 3.75. The predicted molar refractivity (Wildman–Crippen MR) is 79.2 cm³/mol. The zero-order valence-electron chi connectivity index (χ0n) is 11.6. The molecule has 4 rings (SSSR count). The molecule has 0 saturated heterocycles. The van der Waals surface area contributed by atoms with E-state index in [1.807, 2.05) is 28.8 Å². The molecule has 106 valence electrons. The number of ether oxygens (including phenoxy) is 1. The van der Waals surface area contributed by atoms with Gasteiger partial charge in [-0.3, -0.25) is 4.40 Å². The lowest BCUT2D eigenvalue weighted by atomic mass is 10.1. The van der Waals surface area contributed by atoms with Crippen molar-refractivity contribution in [3.05, 3.63) is 59.5 Å². The Bertz CT molecular complexity index is 781. The minimum absolute atomic E-state index is 0.693. The lowest BCUT2D eigenvalue weighted by molar-refractivity contribution is 0.357. The first-order chi connectivity index (χ1) is 10.4. The molecule has 1 aromatic carbocycles. The highest BCUT2D eigenvalue weighted by molar-refractivity contribution is 5.40. The molecule has 1 aliphatic rings. The molecule has 0 spiro atoms. The number of nitrogens with zero attached hydrogens (tertiary/aromatic N) is 3. The van der Waals surface area contributed by atoms with Crippen LogP contribution in [0.2, 0.25) is 0 Å². The molecule has 3 heterocycles. The maximum Gasteiger partial charge on any atom is 0.160 e. The Morgan fingerprint density at radius 3 is 3.14 bits per heavy atom. The van der Waals surface area contributed by atoms with E-state index in [0.717, 1.165) is 36.8 Å². The standard InChI is InChI=1S/C16H16N4O/c1-2-7-20-15(3-1)18-19-16(20)11-17-10-12-4-5-14-13(9-12)6-8-21-14/h1-5,7,9,17H,6,8,10-11H2. The van der Waals surface area contributed by atoms with Gasteiger partial charge in [-0.1, -0.05) is 18.2 Å². The molecule has 21 heavy (non-hydrogen) atoms. The first kappa shape index (κ1) is 12.3. The number of aromatic nitrogens is 3. The molecule has 0 unspecified atom stereocenters. The zero-order valence-corrected chi connectivity index (χ0v) is 11.6. The Hall–Kier alpha value is -2.40. The summed E-state index contributed by atoms with van der Waals surface area (Å²) < 4.78 is 7.53. The zero-order chi connectivity index (χ0) is 14.1. The molecule has 3 aromatic rings. The summed E-state index contributed by atoms with van der Waals surface area (Å²) in [7, 11) is 0. The highest BCUT2D eigenvalue weighted by Gasteiger charge is 2.11. The molecule has 0 atom stereocenters. The maximum atomic E-state index is 5.52. The van der Waals surface area contributed by atoms with Gasteiger partial charge in [-0.15, -0.1) is 10.2 Å². The smallest absolute Gasteiger partial charge is 0.160 e. The molecule has 0 radical (unpaired) electrons. The molecule has 0 saturated carbocycles. The van der Waals surface area contributed by atoms with Crippen LogP contribution < -0.4 is 10.1 Å². The van der Waals surface area contributed by atoms with E-state index in [2.05, 4.69) is 33.7 Å². The fourth-order valence-corrected chi connectivity index (χ4v) is 2.68. The molecule has 1 N–H and O–H groups in total. The van der Waals surface area contributed by atoms with Crippen molar-refractivity contribution in [3.63, 3.8) is 0 Å². The highest BCUT2D eigenvalue weighted by atomic mass is 16.5. The van der Waals surface area contributed by atoms with Crippen molar-refractivity contribution in [2.24, 2.45) is 0 Å². The van der Waals surface area contributed by atoms with Crippen LogP contribution in [0, 0.1) is 0 Å². The molecular weight excluding hydrogens is 264 g/mol. The Balaban J connectivity index is 1.43. The van der Waals surface area contributed by atoms with E-state index in [4.69, 9.17) is 4.74 Å². The molecule has 0 fully saturated rings. The molecule has 2 aromatic heterocycles. The van der Waals surface area contributed by atoms with Crippen molar-refractivity contribution in [1.82, 2.24) is 19.9 Å². The Morgan fingerprint density at radius 1 is 1.14 bits per heavy atom. The minimum atomic E-state index is 0.693. The van der Waals surface area contributed by atoms with E-state index in [9.17, 15) is 0 Å². The van der Waals surface area contributed by atoms with Gasteiger partial charge in [0.15, 0.2) is 11.5 Å². The summed E-state index contributed by atoms with van der Waals surface area (Å²) >= 11 is 0. The fraction of sp³-hybridized carbons (Fsp3) is 0.250. The van der Waals surface area contributed by atoms with Crippen LogP contribution >= 0.6 is 0 Å². The molecular formula is C16H16N4O. The van der Waals surface area contributed by atoms with Gasteiger partial charge in [0, 0.05) is 19.2 Å². The molecule has 0 bridgehead atoms. The van der Waals surface area contributed by atoms with Gasteiger partial charge in [-0.25, -0.2) is 0 Å². The van der Waals surface area contributed by atoms with Gasteiger partial charge in [0.1, 0.15) is 5.75 Å². The van der Waals surface area contributed by atoms with Crippen LogP contribution in [0.1, 0.15) is 17.0 Å². The number of benzene rings is 1. The van der Waals surface area contributed by atoms with Crippen molar-refractivity contribution >= 4 is 5.65 Å². The minimum Gasteiger partial charge on any atom is -0.493 e. The quantitative estimate of drug-likeness (QED) is 0.793. The molecule has 0 amide bonds. The van der Waals surface area contributed by atoms with E-state index in [1.54, 1.807) is 0 Å². The highest BCUT2D eigenvalue weighted by Crippen LogP contribution is 2.25. The average molecular weight is 280 g/mol. The van der Waals surface area contributed by atoms with E-state index >= 15 is 0 Å². The van der Waals surface area contributed by atoms with Crippen LogP contribution in [-0.2, 0) is 19.5 Å². The number of fused-ring (bicyclic) bond motifs is 2. The summed E-state index contributed by atoms with van der Waals surface area (Å²) in [6.45, 7) is 2.31. The molecule has 1 aliphatic heterocycles. The summed E-state index contributed by atoms with van der Waals surface area (Å²) in [5.74, 6) is 1.96. The van der Waals surface area contributed by atoms with Crippen LogP contribution in [-0.4, -0.2) is 21.2 Å². The lowest BCUT2D eigenvalue weighted by Gasteiger charge is -2.06. The van der Waals surface area contributed by atoms with Gasteiger partial charge in [-0.2, -0.15) is 0 Å². The number of hydrogen-bond donors (Lipinski definition) is 1. The van der Waals surface area contributed by atoms with Gasteiger partial charge in [0.05, 0.1) is 13.2 Å². The largest absolute Gasteiger partial charge is 0.493 e. The molecule has 0 aliphatic carbocycles. The van der Waals surface area contributed by atoms with Crippen molar-refractivity contribution in [2.75, 3.05) is 6.61 Å². The summed E-state index contributed by atoms with van der Waals surface area (Å²) in [5.41, 5.74) is 3.46. The van der Waals surface area contributed by atoms with Gasteiger partial charge in [0.25, 0.3) is 0 Å². The third kappa shape index (κ3) is 2.36. The lowest BCUT2D eigenvalue weighted by Crippen LogP contribution is -2.15. The van der Waals surface area contributed by atoms with E-state index in [-0.39, 0.29) is 0 Å². The number of pyridine rings is 1. The number of rotatable bonds is 4. The summed E-state index contributed by atoms with van der Waals surface area (Å²) in [6.07, 6.45) is 3.00. The van der Waals surface area contributed by atoms with Gasteiger partial charge in [0.2, 0.25) is 0 Å². The van der Waals surface area contributed by atoms with E-state index in [0.29, 0.717) is 6.54 Å². The van der Waals surface area contributed by atoms with E-state index in [1.165, 1.54) is 11.1 Å². The van der Waals surface area contributed by atoms with Crippen LogP contribution in [0.3, 0.4) is 0 Å². The SMILES string of the molecule is c1ccn2c(CNCc3ccc4c(c3)CCO4)nnc2c1. The normalized spacial score (nSPS) is 13.3. The van der Waals surface area contributed by atoms with Crippen molar-refractivity contribution in [2.45, 2.75) is 19.5 Å². The third-order valence-electron chi connectivity index (χ3n) is 3.75. The van der Waals surface area contributed by atoms with Crippen LogP contribution in [0.15, 0.2) is 42.6 Å². The van der Waals surface area contributed by atoms with Crippen LogP contribution in [0.4, 0.5) is 0 Å². The summed E-state index contributed by atoms with van der Waals surface area (Å²) in [4.78, 5) is 0. The van der Waals surface area contributed by atoms with Gasteiger partial charge >= 0.3 is 0 Å². The Morgan fingerprint density at radius 2 is 2.14 bits per heavy atom. The topological polar surface area (TPSA) is 51.5 Å². The van der Waals surface area contributed by atoms with Crippen molar-refractivity contribution in [3.8, 4) is 5.75 Å². The first-order valence-corrected chi connectivity index (χ1v) is 7.14. The summed E-state index contributed by atoms with van der Waals surface area (Å²) in [5, 5.41) is 11.8. The van der Waals surface area contributed by atoms with Crippen molar-refractivity contribution in [1.29, 1.82) is 0 Å². The second-order valence-corrected chi connectivity index (χ2v) is 5.19. The Labute approximate surface area is 122 Å². The molecule has 5 nitrogen and oxygen atoms in total. The Kier molecular flexibility index (Phi) is 3.05. The first-order valence-electron chi connectivity index (χ1n) is 7.14. The summed E-state index contributed by atoms with van der Waals surface area (Å²) in [6, 6.07) is 12.3. The van der Waals surface area contributed by atoms with E-state index < -0.39 is 0 Å². The maximum absolute atomic E-state index is 5.52. The second-order valence-electron chi connectivity index (χ2n) is 5.19. The number of hydrogen-bond acceptors (Lipinski definition) is 4. The monoisotopic (exact) mass is 280 g/mol. The number of nitrogens with one attached hydrogen (secondary N) is 1. The predicted octanol–water partition coefficient (Wildman–Crippen LogP) is 1.95. The van der Waals surface area contributed by atoms with Crippen molar-refractivity contribution < 1.29 is 4.74 Å². The second kappa shape index (κ2) is 5.18. The van der Waals surface area contributed by atoms with Crippen LogP contribution in [0.5, 0.6) is 5.75 Å². The average Bonchev–Trinajstić information content (AvgIpc) is 3.14.